The molecule has 2 aromatic carbocycles. The summed E-state index contributed by atoms with van der Waals surface area (Å²) in [7, 11) is 1.62. The zero-order valence-corrected chi connectivity index (χ0v) is 14.3. The first-order valence-electron chi connectivity index (χ1n) is 8.09. The van der Waals surface area contributed by atoms with Gasteiger partial charge in [0.25, 0.3) is 5.91 Å². The monoisotopic (exact) mass is 332 g/mol. The number of aromatic nitrogens is 1. The molecule has 4 heteroatoms. The van der Waals surface area contributed by atoms with Crippen molar-refractivity contribution in [1.29, 1.82) is 0 Å². The van der Waals surface area contributed by atoms with Gasteiger partial charge < -0.3 is 10.1 Å². The molecule has 1 aromatic heterocycles. The Kier molecular flexibility index (Phi) is 5.09. The summed E-state index contributed by atoms with van der Waals surface area (Å²) in [5, 5.41) is 2.91. The van der Waals surface area contributed by atoms with Crippen LogP contribution in [0, 0.1) is 6.92 Å². The minimum absolute atomic E-state index is 0.133. The van der Waals surface area contributed by atoms with Crippen LogP contribution in [-0.4, -0.2) is 18.0 Å². The highest BCUT2D eigenvalue weighted by molar-refractivity contribution is 5.95. The molecule has 0 aliphatic heterocycles. The number of hydrogen-bond donors (Lipinski definition) is 1. The summed E-state index contributed by atoms with van der Waals surface area (Å²) in [6, 6.07) is 17.5. The van der Waals surface area contributed by atoms with Gasteiger partial charge in [-0.15, -0.1) is 0 Å². The van der Waals surface area contributed by atoms with E-state index in [0.717, 1.165) is 16.7 Å². The van der Waals surface area contributed by atoms with Gasteiger partial charge in [0.15, 0.2) is 0 Å². The van der Waals surface area contributed by atoms with Crippen LogP contribution in [-0.2, 0) is 6.54 Å². The van der Waals surface area contributed by atoms with E-state index in [9.17, 15) is 4.79 Å². The average Bonchev–Trinajstić information content (AvgIpc) is 2.66. The summed E-state index contributed by atoms with van der Waals surface area (Å²) < 4.78 is 5.50. The molecule has 0 unspecified atom stereocenters. The minimum Gasteiger partial charge on any atom is -0.496 e. The second kappa shape index (κ2) is 7.62. The third-order valence-corrected chi connectivity index (χ3v) is 4.00. The van der Waals surface area contributed by atoms with Crippen molar-refractivity contribution in [2.75, 3.05) is 7.11 Å². The van der Waals surface area contributed by atoms with E-state index in [1.165, 1.54) is 5.56 Å². The number of rotatable bonds is 5. The topological polar surface area (TPSA) is 51.2 Å². The Morgan fingerprint density at radius 2 is 1.88 bits per heavy atom. The van der Waals surface area contributed by atoms with Crippen molar-refractivity contribution in [3.63, 3.8) is 0 Å². The molecule has 0 saturated heterocycles. The van der Waals surface area contributed by atoms with Crippen LogP contribution in [0.15, 0.2) is 67.0 Å². The van der Waals surface area contributed by atoms with Crippen molar-refractivity contribution < 1.29 is 9.53 Å². The second-order valence-electron chi connectivity index (χ2n) is 5.82. The Balaban J connectivity index is 1.80. The molecule has 3 aromatic rings. The Bertz CT molecular complexity index is 876. The molecule has 4 nitrogen and oxygen atoms in total. The predicted molar refractivity (Wildman–Crippen MR) is 98.6 cm³/mol. The number of nitrogens with one attached hydrogen (secondary N) is 1. The van der Waals surface area contributed by atoms with Gasteiger partial charge in [-0.2, -0.15) is 0 Å². The number of methoxy groups -OCH3 is 1. The first-order valence-corrected chi connectivity index (χ1v) is 8.09. The van der Waals surface area contributed by atoms with Crippen LogP contribution in [0.5, 0.6) is 5.75 Å². The molecule has 0 bridgehead atoms. The van der Waals surface area contributed by atoms with E-state index in [2.05, 4.69) is 29.4 Å². The van der Waals surface area contributed by atoms with Crippen LogP contribution in [0.1, 0.15) is 21.5 Å². The number of ether oxygens (including phenoxy) is 1. The van der Waals surface area contributed by atoms with Crippen LogP contribution in [0.4, 0.5) is 0 Å². The van der Waals surface area contributed by atoms with Crippen LogP contribution in [0.25, 0.3) is 11.1 Å². The van der Waals surface area contributed by atoms with Crippen molar-refractivity contribution in [2.45, 2.75) is 13.5 Å². The molecule has 126 valence electrons. The first kappa shape index (κ1) is 16.7. The van der Waals surface area contributed by atoms with Crippen molar-refractivity contribution >= 4 is 5.91 Å². The first-order chi connectivity index (χ1) is 12.2. The Hall–Kier alpha value is -3.14. The van der Waals surface area contributed by atoms with E-state index < -0.39 is 0 Å². The van der Waals surface area contributed by atoms with E-state index in [0.29, 0.717) is 17.9 Å². The van der Waals surface area contributed by atoms with Crippen molar-refractivity contribution in [3.8, 4) is 16.9 Å². The minimum atomic E-state index is -0.133. The molecular formula is C21H20N2O2. The number of carbonyl (C=O) groups excluding carboxylic acids is 1. The van der Waals surface area contributed by atoms with E-state index in [1.54, 1.807) is 25.6 Å². The molecule has 0 atom stereocenters. The Labute approximate surface area is 147 Å². The molecule has 0 saturated carbocycles. The van der Waals surface area contributed by atoms with Crippen molar-refractivity contribution in [2.24, 2.45) is 0 Å². The number of nitrogens with zero attached hydrogens (tertiary/aromatic N) is 1. The normalized spacial score (nSPS) is 10.3. The van der Waals surface area contributed by atoms with Gasteiger partial charge in [-0.05, 0) is 48.4 Å². The summed E-state index contributed by atoms with van der Waals surface area (Å²) in [5.74, 6) is 0.549. The SMILES string of the molecule is COc1cc(C(=O)NCc2ccncc2)ccc1-c1cccc(C)c1. The van der Waals surface area contributed by atoms with Crippen LogP contribution < -0.4 is 10.1 Å². The van der Waals surface area contributed by atoms with Gasteiger partial charge in [-0.3, -0.25) is 9.78 Å². The molecule has 1 amide bonds. The van der Waals surface area contributed by atoms with Gasteiger partial charge in [0.2, 0.25) is 0 Å². The predicted octanol–water partition coefficient (Wildman–Crippen LogP) is 4.00. The number of hydrogen-bond acceptors (Lipinski definition) is 3. The number of amides is 1. The highest BCUT2D eigenvalue weighted by atomic mass is 16.5. The maximum absolute atomic E-state index is 12.4. The highest BCUT2D eigenvalue weighted by Crippen LogP contribution is 2.31. The molecule has 3 rings (SSSR count). The van der Waals surface area contributed by atoms with Gasteiger partial charge >= 0.3 is 0 Å². The molecule has 0 aliphatic carbocycles. The van der Waals surface area contributed by atoms with Gasteiger partial charge in [0.05, 0.1) is 7.11 Å². The lowest BCUT2D eigenvalue weighted by atomic mass is 10.0. The van der Waals surface area contributed by atoms with Crippen molar-refractivity contribution in [1.82, 2.24) is 10.3 Å². The van der Waals surface area contributed by atoms with E-state index in [1.807, 2.05) is 36.4 Å². The zero-order valence-electron chi connectivity index (χ0n) is 14.3. The van der Waals surface area contributed by atoms with Crippen LogP contribution >= 0.6 is 0 Å². The molecule has 1 N–H and O–H groups in total. The molecule has 1 heterocycles. The van der Waals surface area contributed by atoms with E-state index in [-0.39, 0.29) is 5.91 Å². The van der Waals surface area contributed by atoms with E-state index >= 15 is 0 Å². The fourth-order valence-corrected chi connectivity index (χ4v) is 2.67. The number of pyridine rings is 1. The number of benzene rings is 2. The number of aryl methyl sites for hydroxylation is 1. The Morgan fingerprint density at radius 3 is 2.60 bits per heavy atom. The van der Waals surface area contributed by atoms with E-state index in [4.69, 9.17) is 4.74 Å². The third-order valence-electron chi connectivity index (χ3n) is 4.00. The fraction of sp³-hybridized carbons (Fsp3) is 0.143. The van der Waals surface area contributed by atoms with Gasteiger partial charge in [0.1, 0.15) is 5.75 Å². The summed E-state index contributed by atoms with van der Waals surface area (Å²) in [6.45, 7) is 2.51. The van der Waals surface area contributed by atoms with Gasteiger partial charge in [0, 0.05) is 30.1 Å². The molecule has 25 heavy (non-hydrogen) atoms. The molecular weight excluding hydrogens is 312 g/mol. The number of carbonyl (C=O) groups is 1. The maximum Gasteiger partial charge on any atom is 0.251 e. The van der Waals surface area contributed by atoms with Gasteiger partial charge in [-0.1, -0.05) is 29.8 Å². The van der Waals surface area contributed by atoms with Crippen LogP contribution in [0.2, 0.25) is 0 Å². The average molecular weight is 332 g/mol. The van der Waals surface area contributed by atoms with Crippen molar-refractivity contribution in [3.05, 3.63) is 83.7 Å². The summed E-state index contributed by atoms with van der Waals surface area (Å²) in [5.41, 5.74) is 4.80. The van der Waals surface area contributed by atoms with Gasteiger partial charge in [-0.25, -0.2) is 0 Å². The Morgan fingerprint density at radius 1 is 1.08 bits per heavy atom. The fourth-order valence-electron chi connectivity index (χ4n) is 2.67. The zero-order chi connectivity index (χ0) is 17.6. The summed E-state index contributed by atoms with van der Waals surface area (Å²) in [6.07, 6.45) is 3.42. The lowest BCUT2D eigenvalue weighted by Crippen LogP contribution is -2.22. The lowest BCUT2D eigenvalue weighted by molar-refractivity contribution is 0.0950. The second-order valence-corrected chi connectivity index (χ2v) is 5.82. The third kappa shape index (κ3) is 4.04. The molecule has 0 aliphatic rings. The van der Waals surface area contributed by atoms with Crippen LogP contribution in [0.3, 0.4) is 0 Å². The smallest absolute Gasteiger partial charge is 0.251 e. The maximum atomic E-state index is 12.4. The lowest BCUT2D eigenvalue weighted by Gasteiger charge is -2.12. The highest BCUT2D eigenvalue weighted by Gasteiger charge is 2.11. The molecule has 0 radical (unpaired) electrons. The largest absolute Gasteiger partial charge is 0.496 e. The molecule has 0 fully saturated rings. The molecule has 0 spiro atoms. The summed E-state index contributed by atoms with van der Waals surface area (Å²) in [4.78, 5) is 16.4. The standard InChI is InChI=1S/C21H20N2O2/c1-15-4-3-5-17(12-15)19-7-6-18(13-20(19)25-2)21(24)23-14-16-8-10-22-11-9-16/h3-13H,14H2,1-2H3,(H,23,24). The quantitative estimate of drug-likeness (QED) is 0.768. The summed E-state index contributed by atoms with van der Waals surface area (Å²) >= 11 is 0.